The maximum absolute atomic E-state index is 13.7. The van der Waals surface area contributed by atoms with E-state index in [9.17, 15) is 29.1 Å². The molecule has 1 saturated heterocycles. The van der Waals surface area contributed by atoms with E-state index in [2.05, 4.69) is 15.9 Å². The van der Waals surface area contributed by atoms with Crippen molar-refractivity contribution in [2.75, 3.05) is 13.7 Å². The van der Waals surface area contributed by atoms with Gasteiger partial charge in [-0.15, -0.1) is 0 Å². The largest absolute Gasteiger partial charge is 0.504 e. The Morgan fingerprint density at radius 2 is 1.88 bits per heavy atom. The van der Waals surface area contributed by atoms with Crippen LogP contribution in [0.1, 0.15) is 50.0 Å². The van der Waals surface area contributed by atoms with Crippen LogP contribution < -0.4 is 4.74 Å². The number of carbonyl (C=O) groups excluding carboxylic acids is 4. The Morgan fingerprint density at radius 1 is 1.12 bits per heavy atom. The molecule has 0 radical (unpaired) electrons. The molecule has 3 aliphatic carbocycles. The number of fused-ring (bicyclic) bond motifs is 3. The topological polar surface area (TPSA) is 138 Å². The number of Topliss-reactive ketones (excluding diaryl/α,β-unsaturated/α-hetero) is 1. The van der Waals surface area contributed by atoms with Crippen molar-refractivity contribution in [3.05, 3.63) is 54.6 Å². The quantitative estimate of drug-likeness (QED) is 0.132. The van der Waals surface area contributed by atoms with Gasteiger partial charge in [0.15, 0.2) is 23.1 Å². The molecule has 0 aromatic heterocycles. The van der Waals surface area contributed by atoms with Crippen molar-refractivity contribution in [2.45, 2.75) is 44.4 Å². The second-order valence-corrected chi connectivity index (χ2v) is 12.5. The zero-order valence-electron chi connectivity index (χ0n) is 21.6. The molecule has 1 aliphatic heterocycles. The Bertz CT molecular complexity index is 1440. The molecule has 11 heteroatoms. The second kappa shape index (κ2) is 11.2. The highest BCUT2D eigenvalue weighted by atomic mass is 127. The minimum absolute atomic E-state index is 0.0321. The number of rotatable bonds is 8. The summed E-state index contributed by atoms with van der Waals surface area (Å²) in [7, 11) is 1.43. The van der Waals surface area contributed by atoms with Crippen LogP contribution in [0.5, 0.6) is 11.5 Å². The summed E-state index contributed by atoms with van der Waals surface area (Å²) >= 11 is 5.21. The van der Waals surface area contributed by atoms with Crippen molar-refractivity contribution in [3.63, 3.8) is 0 Å². The molecular formula is C29H27BrINO8. The Balaban J connectivity index is 1.53. The summed E-state index contributed by atoms with van der Waals surface area (Å²) < 4.78 is 6.05. The predicted molar refractivity (Wildman–Crippen MR) is 155 cm³/mol. The lowest BCUT2D eigenvalue weighted by atomic mass is 9.59. The first kappa shape index (κ1) is 28.7. The Hall–Kier alpha value is -2.80. The van der Waals surface area contributed by atoms with Crippen LogP contribution in [0.2, 0.25) is 0 Å². The van der Waals surface area contributed by atoms with Crippen LogP contribution in [0.4, 0.5) is 0 Å². The first-order valence-corrected chi connectivity index (χ1v) is 14.9. The number of nitrogens with zero attached hydrogens (tertiary/aromatic N) is 1. The molecule has 1 aromatic carbocycles. The highest BCUT2D eigenvalue weighted by Gasteiger charge is 2.56. The first-order valence-electron chi connectivity index (χ1n) is 13.1. The van der Waals surface area contributed by atoms with E-state index < -0.39 is 29.6 Å². The van der Waals surface area contributed by atoms with Gasteiger partial charge in [-0.2, -0.15) is 0 Å². The van der Waals surface area contributed by atoms with Crippen LogP contribution >= 0.6 is 38.5 Å². The number of phenolic OH excluding ortho intramolecular Hbond substituents is 1. The van der Waals surface area contributed by atoms with Crippen molar-refractivity contribution < 1.29 is 38.9 Å². The number of hydrogen-bond donors (Lipinski definition) is 2. The van der Waals surface area contributed by atoms with E-state index in [0.717, 1.165) is 5.57 Å². The van der Waals surface area contributed by atoms with Crippen LogP contribution in [0.3, 0.4) is 0 Å². The van der Waals surface area contributed by atoms with Gasteiger partial charge in [0.2, 0.25) is 11.8 Å². The van der Waals surface area contributed by atoms with Gasteiger partial charge in [0, 0.05) is 36.1 Å². The van der Waals surface area contributed by atoms with E-state index in [1.54, 1.807) is 12.1 Å². The standard InChI is InChI=1S/C29H27BrINO8/c1-40-21-10-13(9-19(31)27(21)37)23-14-6-7-15-24(16(14)11-17-25(23)20(33)12-18(30)26(17)36)29(39)32(28(15)38)8-4-2-3-5-22(34)35/h6,9-10,12,15-16,23-24,37H,2-5,7-8,11H2,1H3,(H,34,35)/t15-,16+,23-,24-/m0/s1. The lowest BCUT2D eigenvalue weighted by molar-refractivity contribution is -0.141. The van der Waals surface area contributed by atoms with Gasteiger partial charge in [0.25, 0.3) is 0 Å². The predicted octanol–water partition coefficient (Wildman–Crippen LogP) is 4.41. The number of carbonyl (C=O) groups is 5. The van der Waals surface area contributed by atoms with Crippen molar-refractivity contribution in [1.82, 2.24) is 4.90 Å². The summed E-state index contributed by atoms with van der Waals surface area (Å²) in [5.74, 6) is -4.12. The average molecular weight is 724 g/mol. The van der Waals surface area contributed by atoms with Gasteiger partial charge in [-0.1, -0.05) is 18.1 Å². The number of halogens is 2. The fraction of sp³-hybridized carbons (Fsp3) is 0.414. The minimum Gasteiger partial charge on any atom is -0.504 e. The van der Waals surface area contributed by atoms with Crippen molar-refractivity contribution >= 4 is 67.9 Å². The fourth-order valence-corrected chi connectivity index (χ4v) is 7.58. The number of aliphatic carboxylic acids is 1. The number of carboxylic acids is 1. The molecule has 4 atom stereocenters. The van der Waals surface area contributed by atoms with Gasteiger partial charge >= 0.3 is 5.97 Å². The number of benzene rings is 1. The number of phenols is 1. The molecule has 0 unspecified atom stereocenters. The summed E-state index contributed by atoms with van der Waals surface area (Å²) in [5, 5.41) is 19.3. The normalized spacial score (nSPS) is 25.8. The number of hydrogen-bond acceptors (Lipinski definition) is 7. The molecule has 1 heterocycles. The summed E-state index contributed by atoms with van der Waals surface area (Å²) in [6, 6.07) is 3.40. The lowest BCUT2D eigenvalue weighted by Gasteiger charge is -2.42. The summed E-state index contributed by atoms with van der Waals surface area (Å²) in [6.07, 6.45) is 5.34. The van der Waals surface area contributed by atoms with E-state index in [0.29, 0.717) is 46.0 Å². The van der Waals surface area contributed by atoms with Gasteiger partial charge in [-0.05, 0) is 87.8 Å². The minimum atomic E-state index is -0.878. The van der Waals surface area contributed by atoms with E-state index in [1.807, 2.05) is 28.7 Å². The molecular weight excluding hydrogens is 697 g/mol. The Labute approximate surface area is 252 Å². The smallest absolute Gasteiger partial charge is 0.303 e. The average Bonchev–Trinajstić information content (AvgIpc) is 3.16. The maximum atomic E-state index is 13.7. The number of imide groups is 1. The van der Waals surface area contributed by atoms with Gasteiger partial charge in [-0.25, -0.2) is 0 Å². The van der Waals surface area contributed by atoms with Gasteiger partial charge < -0.3 is 14.9 Å². The number of carboxylic acid groups (broad SMARTS) is 1. The van der Waals surface area contributed by atoms with Crippen LogP contribution in [0.25, 0.3) is 0 Å². The Morgan fingerprint density at radius 3 is 2.58 bits per heavy atom. The van der Waals surface area contributed by atoms with Crippen LogP contribution in [-0.2, 0) is 24.0 Å². The number of allylic oxidation sites excluding steroid dienone is 6. The highest BCUT2D eigenvalue weighted by Crippen LogP contribution is 2.56. The number of methoxy groups -OCH3 is 1. The zero-order chi connectivity index (χ0) is 28.9. The maximum Gasteiger partial charge on any atom is 0.303 e. The number of unbranched alkanes of at least 4 members (excludes halogenated alkanes) is 2. The molecule has 5 rings (SSSR count). The molecule has 210 valence electrons. The summed E-state index contributed by atoms with van der Waals surface area (Å²) in [5.41, 5.74) is 2.16. The van der Waals surface area contributed by atoms with E-state index in [-0.39, 0.29) is 58.7 Å². The third kappa shape index (κ3) is 4.84. The first-order chi connectivity index (χ1) is 19.0. The van der Waals surface area contributed by atoms with E-state index >= 15 is 0 Å². The number of ether oxygens (including phenoxy) is 1. The summed E-state index contributed by atoms with van der Waals surface area (Å²) in [4.78, 5) is 65.9. The van der Waals surface area contributed by atoms with E-state index in [1.165, 1.54) is 18.1 Å². The lowest BCUT2D eigenvalue weighted by Crippen LogP contribution is -2.39. The molecule has 2 amide bonds. The van der Waals surface area contributed by atoms with Gasteiger partial charge in [0.05, 0.1) is 27.0 Å². The highest BCUT2D eigenvalue weighted by molar-refractivity contribution is 14.1. The van der Waals surface area contributed by atoms with Gasteiger partial charge in [-0.3, -0.25) is 28.9 Å². The molecule has 1 fully saturated rings. The van der Waals surface area contributed by atoms with Crippen LogP contribution in [0, 0.1) is 21.3 Å². The molecule has 4 aliphatic rings. The SMILES string of the molecule is COc1cc([C@H]2C3=CC[C@@H]4C(=O)N(CCCCCC(=O)O)C(=O)[C@@H]4[C@@H]3CC3=C2C(=O)C=C(Br)C3=O)cc(I)c1O. The zero-order valence-corrected chi connectivity index (χ0v) is 25.4. The molecule has 40 heavy (non-hydrogen) atoms. The molecule has 0 spiro atoms. The fourth-order valence-electron chi connectivity index (χ4n) is 6.51. The third-order valence-corrected chi connectivity index (χ3v) is 9.71. The number of amides is 2. The molecule has 2 N–H and O–H groups in total. The van der Waals surface area contributed by atoms with Crippen molar-refractivity contribution in [1.29, 1.82) is 0 Å². The van der Waals surface area contributed by atoms with Gasteiger partial charge in [0.1, 0.15) is 0 Å². The Kier molecular flexibility index (Phi) is 8.06. The molecule has 1 aromatic rings. The molecule has 0 saturated carbocycles. The molecule has 0 bridgehead atoms. The van der Waals surface area contributed by atoms with E-state index in [4.69, 9.17) is 9.84 Å². The molecule has 9 nitrogen and oxygen atoms in total. The van der Waals surface area contributed by atoms with Crippen molar-refractivity contribution in [2.24, 2.45) is 17.8 Å². The number of ketones is 2. The monoisotopic (exact) mass is 723 g/mol. The van der Waals surface area contributed by atoms with Crippen molar-refractivity contribution in [3.8, 4) is 11.5 Å². The second-order valence-electron chi connectivity index (χ2n) is 10.5. The third-order valence-electron chi connectivity index (χ3n) is 8.30. The number of aromatic hydroxyl groups is 1. The summed E-state index contributed by atoms with van der Waals surface area (Å²) in [6.45, 7) is 0.225. The number of likely N-dealkylation sites (tertiary alicyclic amines) is 1. The van der Waals surface area contributed by atoms with Crippen LogP contribution in [-0.4, -0.2) is 58.1 Å². The van der Waals surface area contributed by atoms with Crippen LogP contribution in [0.15, 0.2) is 45.5 Å².